The van der Waals surface area contributed by atoms with Gasteiger partial charge in [0.25, 0.3) is 23.3 Å². The van der Waals surface area contributed by atoms with E-state index < -0.39 is 29.7 Å². The lowest BCUT2D eigenvalue weighted by molar-refractivity contribution is -0.136. The smallest absolute Gasteiger partial charge is 0.276 e. The SMILES string of the molecule is CC(C)c1c(-c2ccc(CCN(C)CCCCCCc3cccc(C(=O)NCCCCCCOc4cccc5c4C(=O)N(C4CCC(=O)NC4=O)C5=O)c3)cc2)nc2c(C#N)c[nH]n2c1=O. The second-order valence-electron chi connectivity index (χ2n) is 17.6. The number of unbranched alkanes of at least 4 members (excludes halogenated alkanes) is 6. The van der Waals surface area contributed by atoms with Crippen molar-refractivity contribution in [1.82, 2.24) is 35.0 Å². The van der Waals surface area contributed by atoms with Crippen LogP contribution in [0.5, 0.6) is 5.75 Å². The largest absolute Gasteiger partial charge is 0.493 e. The van der Waals surface area contributed by atoms with Crippen molar-refractivity contribution in [3.8, 4) is 23.1 Å². The average Bonchev–Trinajstić information content (AvgIpc) is 3.85. The molecule has 3 aromatic carbocycles. The molecule has 2 aliphatic heterocycles. The molecule has 4 heterocycles. The molecule has 66 heavy (non-hydrogen) atoms. The van der Waals surface area contributed by atoms with E-state index in [1.807, 2.05) is 44.2 Å². The first kappa shape index (κ1) is 47.1. The molecule has 1 unspecified atom stereocenters. The van der Waals surface area contributed by atoms with E-state index in [1.165, 1.54) is 16.3 Å². The van der Waals surface area contributed by atoms with Crippen molar-refractivity contribution in [3.05, 3.63) is 122 Å². The number of aryl methyl sites for hydroxylation is 1. The number of aromatic amines is 1. The number of aromatic nitrogens is 3. The van der Waals surface area contributed by atoms with Gasteiger partial charge in [0.05, 0.1) is 23.4 Å². The zero-order valence-electron chi connectivity index (χ0n) is 38.0. The Labute approximate surface area is 384 Å². The molecule has 0 saturated carbocycles. The molecule has 5 amide bonds. The van der Waals surface area contributed by atoms with Gasteiger partial charge >= 0.3 is 0 Å². The van der Waals surface area contributed by atoms with E-state index >= 15 is 0 Å². The molecule has 344 valence electrons. The highest BCUT2D eigenvalue weighted by Gasteiger charge is 2.46. The number of ether oxygens (including phenoxy) is 1. The fourth-order valence-electron chi connectivity index (χ4n) is 8.72. The number of hydrogen-bond acceptors (Lipinski definition) is 10. The number of H-pyrrole nitrogens is 1. The topological polar surface area (TPSA) is 199 Å². The second kappa shape index (κ2) is 21.8. The number of carbonyl (C=O) groups is 5. The van der Waals surface area contributed by atoms with E-state index in [0.717, 1.165) is 93.3 Å². The van der Waals surface area contributed by atoms with Crippen LogP contribution in [0.1, 0.15) is 137 Å². The van der Waals surface area contributed by atoms with Gasteiger partial charge in [0.2, 0.25) is 11.8 Å². The monoisotopic (exact) mass is 894 g/mol. The number of benzene rings is 3. The summed E-state index contributed by atoms with van der Waals surface area (Å²) >= 11 is 0. The Hall–Kier alpha value is -6.92. The minimum atomic E-state index is -1.03. The van der Waals surface area contributed by atoms with Crippen LogP contribution >= 0.6 is 0 Å². The summed E-state index contributed by atoms with van der Waals surface area (Å²) in [4.78, 5) is 84.6. The van der Waals surface area contributed by atoms with Gasteiger partial charge < -0.3 is 15.0 Å². The fourth-order valence-corrected chi connectivity index (χ4v) is 8.72. The highest BCUT2D eigenvalue weighted by molar-refractivity contribution is 6.24. The minimum absolute atomic E-state index is 0.0388. The molecule has 0 spiro atoms. The summed E-state index contributed by atoms with van der Waals surface area (Å²) in [6, 6.07) is 22.0. The predicted octanol–water partition coefficient (Wildman–Crippen LogP) is 6.73. The molecule has 2 aliphatic rings. The maximum atomic E-state index is 13.3. The summed E-state index contributed by atoms with van der Waals surface area (Å²) in [5, 5.41) is 17.6. The van der Waals surface area contributed by atoms with Gasteiger partial charge in [0, 0.05) is 42.4 Å². The zero-order valence-corrected chi connectivity index (χ0v) is 38.0. The summed E-state index contributed by atoms with van der Waals surface area (Å²) in [5.74, 6) is -2.05. The Balaban J connectivity index is 0.747. The van der Waals surface area contributed by atoms with Crippen LogP contribution in [0.15, 0.2) is 77.7 Å². The van der Waals surface area contributed by atoms with Crippen LogP contribution < -0.4 is 20.9 Å². The van der Waals surface area contributed by atoms with Crippen molar-refractivity contribution in [2.45, 2.75) is 103 Å². The van der Waals surface area contributed by atoms with Gasteiger partial charge in [0.1, 0.15) is 23.4 Å². The van der Waals surface area contributed by atoms with Crippen molar-refractivity contribution < 1.29 is 28.7 Å². The van der Waals surface area contributed by atoms with Crippen molar-refractivity contribution in [2.75, 3.05) is 33.3 Å². The van der Waals surface area contributed by atoms with E-state index in [4.69, 9.17) is 9.72 Å². The lowest BCUT2D eigenvalue weighted by Gasteiger charge is -2.27. The van der Waals surface area contributed by atoms with E-state index in [-0.39, 0.29) is 41.4 Å². The van der Waals surface area contributed by atoms with Crippen LogP contribution in [0.4, 0.5) is 0 Å². The van der Waals surface area contributed by atoms with Gasteiger partial charge in [-0.05, 0) is 99.8 Å². The number of rotatable bonds is 22. The van der Waals surface area contributed by atoms with Gasteiger partial charge in [-0.1, -0.05) is 82.0 Å². The van der Waals surface area contributed by atoms with Crippen LogP contribution in [0.2, 0.25) is 0 Å². The van der Waals surface area contributed by atoms with Gasteiger partial charge in [-0.25, -0.2) is 9.50 Å². The van der Waals surface area contributed by atoms with E-state index in [0.29, 0.717) is 46.9 Å². The van der Waals surface area contributed by atoms with Crippen LogP contribution in [-0.2, 0) is 22.4 Å². The molecule has 0 bridgehead atoms. The molecule has 15 nitrogen and oxygen atoms in total. The number of piperidine rings is 1. The van der Waals surface area contributed by atoms with Crippen LogP contribution in [0, 0.1) is 11.3 Å². The number of nitrogens with one attached hydrogen (secondary N) is 3. The summed E-state index contributed by atoms with van der Waals surface area (Å²) in [6.45, 7) is 6.80. The minimum Gasteiger partial charge on any atom is -0.493 e. The Morgan fingerprint density at radius 3 is 2.42 bits per heavy atom. The average molecular weight is 895 g/mol. The number of likely N-dealkylation sites (N-methyl/N-ethyl adjacent to an activating group) is 1. The van der Waals surface area contributed by atoms with Crippen molar-refractivity contribution in [1.29, 1.82) is 5.26 Å². The fraction of sp³-hybridized carbons (Fsp3) is 0.412. The van der Waals surface area contributed by atoms with E-state index in [2.05, 4.69) is 51.9 Å². The third-order valence-corrected chi connectivity index (χ3v) is 12.4. The molecule has 1 fully saturated rings. The first-order valence-corrected chi connectivity index (χ1v) is 23.1. The molecular weight excluding hydrogens is 837 g/mol. The molecule has 7 rings (SSSR count). The number of fused-ring (bicyclic) bond motifs is 2. The number of hydrogen-bond donors (Lipinski definition) is 3. The molecule has 1 atom stereocenters. The summed E-state index contributed by atoms with van der Waals surface area (Å²) in [6.07, 6.45) is 11.2. The third-order valence-electron chi connectivity index (χ3n) is 12.4. The second-order valence-corrected chi connectivity index (χ2v) is 17.6. The van der Waals surface area contributed by atoms with Crippen LogP contribution in [0.3, 0.4) is 0 Å². The van der Waals surface area contributed by atoms with Crippen LogP contribution in [0.25, 0.3) is 16.9 Å². The highest BCUT2D eigenvalue weighted by Crippen LogP contribution is 2.34. The molecule has 15 heteroatoms. The third kappa shape index (κ3) is 10.9. The Kier molecular flexibility index (Phi) is 15.6. The summed E-state index contributed by atoms with van der Waals surface area (Å²) < 4.78 is 7.28. The molecule has 0 radical (unpaired) electrons. The van der Waals surface area contributed by atoms with Gasteiger partial charge in [-0.2, -0.15) is 5.26 Å². The molecular formula is C51H58N8O7. The first-order valence-electron chi connectivity index (χ1n) is 23.1. The molecule has 1 saturated heterocycles. The maximum absolute atomic E-state index is 13.3. The number of amides is 5. The standard InChI is InChI=1S/C51H58N8O7/c1-33(2)43-45(56-46-38(31-52)32-54-59(46)51(43)65)36-21-19-34(20-22-36)25-28-57(3)27-10-6-4-8-14-35-15-12-16-37(30-35)47(61)53-26-9-5-7-11-29-66-41-18-13-17-39-44(41)50(64)58(49(39)63)40-23-24-42(60)55-48(40)62/h12-13,15-22,30,32-33,40,54H,4-11,14,23-29H2,1-3H3,(H,53,61)(H,55,60,62). The molecule has 0 aliphatic carbocycles. The Morgan fingerprint density at radius 2 is 1.65 bits per heavy atom. The van der Waals surface area contributed by atoms with Crippen molar-refractivity contribution in [3.63, 3.8) is 0 Å². The number of nitrogens with zero attached hydrogens (tertiary/aromatic N) is 5. The van der Waals surface area contributed by atoms with Crippen molar-refractivity contribution in [2.24, 2.45) is 0 Å². The van der Waals surface area contributed by atoms with Crippen LogP contribution in [-0.4, -0.2) is 93.3 Å². The Morgan fingerprint density at radius 1 is 0.894 bits per heavy atom. The summed E-state index contributed by atoms with van der Waals surface area (Å²) in [5.41, 5.74) is 5.95. The molecule has 2 aromatic heterocycles. The Bertz CT molecular complexity index is 2700. The molecule has 5 aromatic rings. The lowest BCUT2D eigenvalue weighted by Crippen LogP contribution is -2.54. The van der Waals surface area contributed by atoms with E-state index in [9.17, 15) is 34.0 Å². The molecule has 3 N–H and O–H groups in total. The lowest BCUT2D eigenvalue weighted by atomic mass is 9.97. The highest BCUT2D eigenvalue weighted by atomic mass is 16.5. The number of nitriles is 1. The normalized spacial score (nSPS) is 14.8. The van der Waals surface area contributed by atoms with Crippen molar-refractivity contribution >= 4 is 35.2 Å². The summed E-state index contributed by atoms with van der Waals surface area (Å²) in [7, 11) is 2.15. The quantitative estimate of drug-likeness (QED) is 0.0495. The van der Waals surface area contributed by atoms with Gasteiger partial charge in [0.15, 0.2) is 5.65 Å². The number of carbonyl (C=O) groups excluding carboxylic acids is 5. The van der Waals surface area contributed by atoms with E-state index in [1.54, 1.807) is 18.2 Å². The predicted molar refractivity (Wildman–Crippen MR) is 249 cm³/mol. The zero-order chi connectivity index (χ0) is 46.7. The number of imide groups is 2. The first-order chi connectivity index (χ1) is 31.9. The van der Waals surface area contributed by atoms with Gasteiger partial charge in [-0.3, -0.25) is 44.1 Å². The van der Waals surface area contributed by atoms with Gasteiger partial charge in [-0.15, -0.1) is 0 Å². The maximum Gasteiger partial charge on any atom is 0.276 e.